The number of nitrogens with one attached hydrogen (secondary N) is 1. The number of rotatable bonds is 6. The van der Waals surface area contributed by atoms with E-state index in [0.717, 1.165) is 48.4 Å². The Morgan fingerprint density at radius 3 is 2.84 bits per heavy atom. The van der Waals surface area contributed by atoms with Crippen LogP contribution in [0.15, 0.2) is 71.8 Å². The monoisotopic (exact) mass is 413 g/mol. The number of carbonyl (C=O) groups excluding carboxylic acids is 1. The average Bonchev–Trinajstić information content (AvgIpc) is 2.79. The van der Waals surface area contributed by atoms with Gasteiger partial charge in [-0.25, -0.2) is 5.43 Å². The highest BCUT2D eigenvalue weighted by Gasteiger charge is 2.18. The van der Waals surface area contributed by atoms with Gasteiger partial charge in [0.05, 0.1) is 13.3 Å². The molecule has 0 spiro atoms. The number of hydrogen-bond acceptors (Lipinski definition) is 4. The zero-order valence-corrected chi connectivity index (χ0v) is 18.0. The van der Waals surface area contributed by atoms with Gasteiger partial charge < -0.3 is 9.64 Å². The van der Waals surface area contributed by atoms with E-state index in [0.29, 0.717) is 5.56 Å². The summed E-state index contributed by atoms with van der Waals surface area (Å²) in [4.78, 5) is 14.7. The number of methoxy groups -OCH3 is 1. The van der Waals surface area contributed by atoms with E-state index in [-0.39, 0.29) is 5.91 Å². The second-order valence-corrected chi connectivity index (χ2v) is 7.79. The van der Waals surface area contributed by atoms with Crippen molar-refractivity contribution in [3.05, 3.63) is 94.5 Å². The fraction of sp³-hybridized carbons (Fsp3) is 0.231. The number of hydrazone groups is 1. The summed E-state index contributed by atoms with van der Waals surface area (Å²) in [7, 11) is 1.69. The number of aryl methyl sites for hydroxylation is 2. The van der Waals surface area contributed by atoms with Crippen LogP contribution >= 0.6 is 0 Å². The van der Waals surface area contributed by atoms with Gasteiger partial charge in [0.2, 0.25) is 0 Å². The normalized spacial score (nSPS) is 13.2. The van der Waals surface area contributed by atoms with E-state index >= 15 is 0 Å². The van der Waals surface area contributed by atoms with Crippen LogP contribution in [0, 0.1) is 6.92 Å². The summed E-state index contributed by atoms with van der Waals surface area (Å²) in [6, 6.07) is 22.0. The Balaban J connectivity index is 1.49. The lowest BCUT2D eigenvalue weighted by Gasteiger charge is -2.31. The van der Waals surface area contributed by atoms with Crippen LogP contribution in [0.4, 0.5) is 5.69 Å². The van der Waals surface area contributed by atoms with Crippen molar-refractivity contribution >= 4 is 17.8 Å². The van der Waals surface area contributed by atoms with E-state index in [1.807, 2.05) is 37.3 Å². The molecule has 0 unspecified atom stereocenters. The standard InChI is InChI=1S/C26H27N3O2/c1-19-7-5-9-22(15-19)26(30)28-27-17-20-12-13-25(31-2)23(16-20)18-29-14-6-10-21-8-3-4-11-24(21)29/h3-5,7-9,11-13,15-17H,6,10,14,18H2,1-2H3,(H,28,30). The van der Waals surface area contributed by atoms with Gasteiger partial charge in [-0.2, -0.15) is 5.10 Å². The Labute approximate surface area is 183 Å². The van der Waals surface area contributed by atoms with Crippen molar-refractivity contribution in [1.82, 2.24) is 5.43 Å². The minimum absolute atomic E-state index is 0.224. The molecule has 0 bridgehead atoms. The molecule has 0 aromatic heterocycles. The van der Waals surface area contributed by atoms with Crippen molar-refractivity contribution in [2.75, 3.05) is 18.6 Å². The molecule has 3 aromatic carbocycles. The molecule has 158 valence electrons. The lowest BCUT2D eigenvalue weighted by molar-refractivity contribution is 0.0955. The number of carbonyl (C=O) groups is 1. The Kier molecular flexibility index (Phi) is 6.32. The minimum atomic E-state index is -0.224. The average molecular weight is 414 g/mol. The van der Waals surface area contributed by atoms with Crippen molar-refractivity contribution in [3.63, 3.8) is 0 Å². The molecule has 4 rings (SSSR count). The maximum atomic E-state index is 12.3. The molecule has 1 aliphatic rings. The third-order valence-corrected chi connectivity index (χ3v) is 5.53. The minimum Gasteiger partial charge on any atom is -0.496 e. The molecule has 0 aliphatic carbocycles. The fourth-order valence-corrected chi connectivity index (χ4v) is 4.00. The number of benzene rings is 3. The van der Waals surface area contributed by atoms with Crippen LogP contribution in [0.5, 0.6) is 5.75 Å². The van der Waals surface area contributed by atoms with Gasteiger partial charge >= 0.3 is 0 Å². The summed E-state index contributed by atoms with van der Waals surface area (Å²) in [5, 5.41) is 4.15. The van der Waals surface area contributed by atoms with E-state index in [4.69, 9.17) is 4.74 Å². The summed E-state index contributed by atoms with van der Waals surface area (Å²) < 4.78 is 5.60. The van der Waals surface area contributed by atoms with Crippen LogP contribution in [0.3, 0.4) is 0 Å². The van der Waals surface area contributed by atoms with Crippen molar-refractivity contribution in [1.29, 1.82) is 0 Å². The number of ether oxygens (including phenoxy) is 1. The van der Waals surface area contributed by atoms with Gasteiger partial charge in [-0.1, -0.05) is 35.9 Å². The number of hydrogen-bond donors (Lipinski definition) is 1. The predicted octanol–water partition coefficient (Wildman–Crippen LogP) is 4.72. The number of fused-ring (bicyclic) bond motifs is 1. The van der Waals surface area contributed by atoms with Crippen molar-refractivity contribution in [3.8, 4) is 5.75 Å². The van der Waals surface area contributed by atoms with Gasteiger partial charge in [0.15, 0.2) is 0 Å². The third-order valence-electron chi connectivity index (χ3n) is 5.53. The van der Waals surface area contributed by atoms with Gasteiger partial charge in [-0.3, -0.25) is 4.79 Å². The fourth-order valence-electron chi connectivity index (χ4n) is 4.00. The quantitative estimate of drug-likeness (QED) is 0.470. The summed E-state index contributed by atoms with van der Waals surface area (Å²) in [6.07, 6.45) is 3.93. The summed E-state index contributed by atoms with van der Waals surface area (Å²) in [5.74, 6) is 0.627. The first-order chi connectivity index (χ1) is 15.1. The van der Waals surface area contributed by atoms with Crippen molar-refractivity contribution in [2.45, 2.75) is 26.3 Å². The SMILES string of the molecule is COc1ccc(C=NNC(=O)c2cccc(C)c2)cc1CN1CCCc2ccccc21. The molecule has 0 saturated heterocycles. The highest BCUT2D eigenvalue weighted by atomic mass is 16.5. The van der Waals surface area contributed by atoms with Gasteiger partial charge in [0.1, 0.15) is 5.75 Å². The largest absolute Gasteiger partial charge is 0.496 e. The first kappa shape index (κ1) is 20.7. The maximum Gasteiger partial charge on any atom is 0.271 e. The smallest absolute Gasteiger partial charge is 0.271 e. The number of nitrogens with zero attached hydrogens (tertiary/aromatic N) is 2. The molecule has 0 fully saturated rings. The number of amides is 1. The molecule has 3 aromatic rings. The van der Waals surface area contributed by atoms with Gasteiger partial charge in [-0.15, -0.1) is 0 Å². The summed E-state index contributed by atoms with van der Waals surface area (Å²) in [6.45, 7) is 3.74. The topological polar surface area (TPSA) is 53.9 Å². The maximum absolute atomic E-state index is 12.3. The second-order valence-electron chi connectivity index (χ2n) is 7.79. The molecule has 1 N–H and O–H groups in total. The molecule has 1 aliphatic heterocycles. The molecule has 31 heavy (non-hydrogen) atoms. The number of para-hydroxylation sites is 1. The molecule has 0 atom stereocenters. The van der Waals surface area contributed by atoms with Gasteiger partial charge in [0, 0.05) is 29.9 Å². The summed E-state index contributed by atoms with van der Waals surface area (Å²) in [5.41, 5.74) is 8.92. The molecule has 5 nitrogen and oxygen atoms in total. The third kappa shape index (κ3) is 4.94. The Morgan fingerprint density at radius 1 is 1.13 bits per heavy atom. The first-order valence-electron chi connectivity index (χ1n) is 10.5. The van der Waals surface area contributed by atoms with Crippen LogP contribution in [0.1, 0.15) is 39.0 Å². The Morgan fingerprint density at radius 2 is 2.00 bits per heavy atom. The first-order valence-corrected chi connectivity index (χ1v) is 10.5. The van der Waals surface area contributed by atoms with Crippen LogP contribution in [-0.2, 0) is 13.0 Å². The summed E-state index contributed by atoms with van der Waals surface area (Å²) >= 11 is 0. The van der Waals surface area contributed by atoms with Crippen LogP contribution in [-0.4, -0.2) is 25.8 Å². The van der Waals surface area contributed by atoms with Crippen molar-refractivity contribution < 1.29 is 9.53 Å². The van der Waals surface area contributed by atoms with E-state index in [2.05, 4.69) is 45.8 Å². The van der Waals surface area contributed by atoms with Crippen molar-refractivity contribution in [2.24, 2.45) is 5.10 Å². The predicted molar refractivity (Wildman–Crippen MR) is 125 cm³/mol. The zero-order valence-electron chi connectivity index (χ0n) is 18.0. The highest BCUT2D eigenvalue weighted by molar-refractivity contribution is 5.95. The lowest BCUT2D eigenvalue weighted by atomic mass is 10.0. The molecule has 1 amide bonds. The molecule has 0 radical (unpaired) electrons. The lowest BCUT2D eigenvalue weighted by Crippen LogP contribution is -2.29. The van der Waals surface area contributed by atoms with E-state index < -0.39 is 0 Å². The van der Waals surface area contributed by atoms with Crippen LogP contribution < -0.4 is 15.1 Å². The Hall–Kier alpha value is -3.60. The van der Waals surface area contributed by atoms with E-state index in [9.17, 15) is 4.79 Å². The highest BCUT2D eigenvalue weighted by Crippen LogP contribution is 2.30. The van der Waals surface area contributed by atoms with Crippen LogP contribution in [0.25, 0.3) is 0 Å². The van der Waals surface area contributed by atoms with Crippen LogP contribution in [0.2, 0.25) is 0 Å². The van der Waals surface area contributed by atoms with Gasteiger partial charge in [-0.05, 0) is 67.3 Å². The second kappa shape index (κ2) is 9.47. The Bertz CT molecular complexity index is 1110. The molecular weight excluding hydrogens is 386 g/mol. The molecule has 0 saturated carbocycles. The van der Waals surface area contributed by atoms with E-state index in [1.54, 1.807) is 19.4 Å². The molecule has 1 heterocycles. The number of anilines is 1. The molecule has 5 heteroatoms. The van der Waals surface area contributed by atoms with Gasteiger partial charge in [0.25, 0.3) is 5.91 Å². The van der Waals surface area contributed by atoms with E-state index in [1.165, 1.54) is 11.3 Å². The zero-order chi connectivity index (χ0) is 21.6. The molecular formula is C26H27N3O2.